The van der Waals surface area contributed by atoms with Gasteiger partial charge in [0.15, 0.2) is 11.5 Å². The van der Waals surface area contributed by atoms with E-state index in [1.54, 1.807) is 30.5 Å². The van der Waals surface area contributed by atoms with E-state index in [1.807, 2.05) is 28.8 Å². The number of hydrogen-bond acceptors (Lipinski definition) is 6. The van der Waals surface area contributed by atoms with Crippen LogP contribution in [0.1, 0.15) is 27.9 Å². The first kappa shape index (κ1) is 21.2. The average Bonchev–Trinajstić information content (AvgIpc) is 3.25. The molecule has 0 saturated carbocycles. The highest BCUT2D eigenvalue weighted by atomic mass is 19.1. The van der Waals surface area contributed by atoms with Gasteiger partial charge >= 0.3 is 0 Å². The molecule has 1 atom stereocenters. The fraction of sp³-hybridized carbons (Fsp3) is 0.250. The normalized spacial score (nSPS) is 17.3. The first-order chi connectivity index (χ1) is 16.1. The molecule has 1 N–H and O–H groups in total. The summed E-state index contributed by atoms with van der Waals surface area (Å²) in [5.74, 6) is -0.108. The molecule has 9 heteroatoms. The lowest BCUT2D eigenvalue weighted by Gasteiger charge is -2.38. The molecule has 4 heterocycles. The van der Waals surface area contributed by atoms with Gasteiger partial charge in [-0.2, -0.15) is 0 Å². The number of nitrogens with zero attached hydrogens (tertiary/aromatic N) is 6. The Morgan fingerprint density at radius 1 is 1.09 bits per heavy atom. The van der Waals surface area contributed by atoms with Crippen LogP contribution < -0.4 is 5.32 Å². The van der Waals surface area contributed by atoms with Gasteiger partial charge in [-0.15, -0.1) is 10.2 Å². The van der Waals surface area contributed by atoms with Gasteiger partial charge in [0.05, 0.1) is 23.0 Å². The van der Waals surface area contributed by atoms with Gasteiger partial charge in [-0.05, 0) is 43.4 Å². The molecule has 168 valence electrons. The predicted octanol–water partition coefficient (Wildman–Crippen LogP) is 3.00. The maximum atomic E-state index is 14.0. The maximum Gasteiger partial charge on any atom is 0.257 e. The van der Waals surface area contributed by atoms with Crippen molar-refractivity contribution in [3.05, 3.63) is 89.9 Å². The number of anilines is 1. The third-order valence-electron chi connectivity index (χ3n) is 5.95. The summed E-state index contributed by atoms with van der Waals surface area (Å²) in [6.45, 7) is 3.33. The number of pyridine rings is 2. The Kier molecular flexibility index (Phi) is 5.80. The van der Waals surface area contributed by atoms with Gasteiger partial charge in [-0.25, -0.2) is 4.39 Å². The van der Waals surface area contributed by atoms with Gasteiger partial charge in [-0.3, -0.25) is 24.0 Å². The van der Waals surface area contributed by atoms with E-state index in [0.717, 1.165) is 37.7 Å². The van der Waals surface area contributed by atoms with Crippen molar-refractivity contribution in [2.24, 2.45) is 0 Å². The van der Waals surface area contributed by atoms with Crippen LogP contribution in [-0.2, 0) is 6.54 Å². The van der Waals surface area contributed by atoms with E-state index in [-0.39, 0.29) is 11.7 Å². The Morgan fingerprint density at radius 2 is 1.94 bits per heavy atom. The lowest BCUT2D eigenvalue weighted by molar-refractivity contribution is 0.0844. The third-order valence-corrected chi connectivity index (χ3v) is 5.95. The van der Waals surface area contributed by atoms with Gasteiger partial charge in [-0.1, -0.05) is 18.2 Å². The molecule has 1 amide bonds. The number of piperazine rings is 1. The Bertz CT molecular complexity index is 1280. The van der Waals surface area contributed by atoms with Crippen LogP contribution in [0, 0.1) is 5.82 Å². The van der Waals surface area contributed by atoms with Crippen molar-refractivity contribution < 1.29 is 9.18 Å². The van der Waals surface area contributed by atoms with Crippen molar-refractivity contribution in [1.29, 1.82) is 0 Å². The molecule has 1 aliphatic heterocycles. The number of likely N-dealkylation sites (N-methyl/N-ethyl adjacent to an activating group) is 1. The molecule has 1 aliphatic rings. The largest absolute Gasteiger partial charge is 0.319 e. The summed E-state index contributed by atoms with van der Waals surface area (Å²) in [6, 6.07) is 15.5. The number of amides is 1. The molecule has 0 bridgehead atoms. The standard InChI is InChI=1S/C24H24FN7O/c1-30-12-13-31(15-18-6-4-5-11-26-18)16-21(30)23-29-28-22-10-9-17(14-32(22)23)24(33)27-20-8-3-2-7-19(20)25/h2-11,14,21H,12-13,15-16H2,1H3,(H,27,33). The van der Waals surface area contributed by atoms with Gasteiger partial charge in [0.2, 0.25) is 0 Å². The minimum Gasteiger partial charge on any atom is -0.319 e. The molecular weight excluding hydrogens is 421 g/mol. The number of nitrogens with one attached hydrogen (secondary N) is 1. The van der Waals surface area contributed by atoms with E-state index < -0.39 is 11.7 Å². The minimum atomic E-state index is -0.478. The quantitative estimate of drug-likeness (QED) is 0.509. The molecule has 0 aliphatic carbocycles. The second kappa shape index (κ2) is 9.05. The van der Waals surface area contributed by atoms with Crippen LogP contribution in [0.5, 0.6) is 0 Å². The van der Waals surface area contributed by atoms with E-state index in [9.17, 15) is 9.18 Å². The van der Waals surface area contributed by atoms with Crippen LogP contribution >= 0.6 is 0 Å². The molecule has 8 nitrogen and oxygen atoms in total. The first-order valence-corrected chi connectivity index (χ1v) is 10.8. The number of hydrogen-bond donors (Lipinski definition) is 1. The van der Waals surface area contributed by atoms with Gasteiger partial charge < -0.3 is 5.32 Å². The molecule has 0 spiro atoms. The summed E-state index contributed by atoms with van der Waals surface area (Å²) in [7, 11) is 2.07. The predicted molar refractivity (Wildman–Crippen MR) is 122 cm³/mol. The van der Waals surface area contributed by atoms with E-state index in [0.29, 0.717) is 11.2 Å². The SMILES string of the molecule is CN1CCN(Cc2ccccn2)CC1c1nnc2ccc(C(=O)Nc3ccccc3F)cn12. The van der Waals surface area contributed by atoms with Crippen LogP contribution in [0.4, 0.5) is 10.1 Å². The lowest BCUT2D eigenvalue weighted by atomic mass is 10.1. The summed E-state index contributed by atoms with van der Waals surface area (Å²) in [4.78, 5) is 21.8. The van der Waals surface area contributed by atoms with Crippen molar-refractivity contribution in [3.63, 3.8) is 0 Å². The van der Waals surface area contributed by atoms with Crippen molar-refractivity contribution in [1.82, 2.24) is 29.4 Å². The molecular formula is C24H24FN7O. The van der Waals surface area contributed by atoms with Gasteiger partial charge in [0, 0.05) is 38.6 Å². The monoisotopic (exact) mass is 445 g/mol. The van der Waals surface area contributed by atoms with Crippen molar-refractivity contribution in [3.8, 4) is 0 Å². The molecule has 1 fully saturated rings. The molecule has 1 aromatic carbocycles. The number of para-hydroxylation sites is 1. The number of aromatic nitrogens is 4. The zero-order chi connectivity index (χ0) is 22.8. The zero-order valence-corrected chi connectivity index (χ0v) is 18.2. The summed E-state index contributed by atoms with van der Waals surface area (Å²) in [5.41, 5.74) is 2.22. The number of benzene rings is 1. The smallest absolute Gasteiger partial charge is 0.257 e. The Morgan fingerprint density at radius 3 is 2.76 bits per heavy atom. The summed E-state index contributed by atoms with van der Waals surface area (Å²) < 4.78 is 15.8. The fourth-order valence-corrected chi connectivity index (χ4v) is 4.10. The Balaban J connectivity index is 1.39. The van der Waals surface area contributed by atoms with Crippen LogP contribution in [0.25, 0.3) is 5.65 Å². The summed E-state index contributed by atoms with van der Waals surface area (Å²) in [5, 5.41) is 11.4. The first-order valence-electron chi connectivity index (χ1n) is 10.8. The van der Waals surface area contributed by atoms with Gasteiger partial charge in [0.25, 0.3) is 5.91 Å². The average molecular weight is 446 g/mol. The number of rotatable bonds is 5. The second-order valence-electron chi connectivity index (χ2n) is 8.19. The minimum absolute atomic E-state index is 0.00217. The van der Waals surface area contributed by atoms with E-state index in [4.69, 9.17) is 0 Å². The maximum absolute atomic E-state index is 14.0. The molecule has 33 heavy (non-hydrogen) atoms. The van der Waals surface area contributed by atoms with Crippen LogP contribution in [0.3, 0.4) is 0 Å². The molecule has 4 aromatic rings. The summed E-state index contributed by atoms with van der Waals surface area (Å²) in [6.07, 6.45) is 3.52. The molecule has 0 radical (unpaired) electrons. The van der Waals surface area contributed by atoms with Crippen LogP contribution in [-0.4, -0.2) is 62.0 Å². The molecule has 1 saturated heterocycles. The van der Waals surface area contributed by atoms with E-state index >= 15 is 0 Å². The molecule has 1 unspecified atom stereocenters. The highest BCUT2D eigenvalue weighted by Gasteiger charge is 2.29. The van der Waals surface area contributed by atoms with Crippen LogP contribution in [0.2, 0.25) is 0 Å². The number of carbonyl (C=O) groups is 1. The van der Waals surface area contributed by atoms with E-state index in [2.05, 4.69) is 37.3 Å². The highest BCUT2D eigenvalue weighted by molar-refractivity contribution is 6.04. The number of carbonyl (C=O) groups excluding carboxylic acids is 1. The van der Waals surface area contributed by atoms with Crippen LogP contribution in [0.15, 0.2) is 67.0 Å². The Hall–Kier alpha value is -3.69. The van der Waals surface area contributed by atoms with Crippen molar-refractivity contribution in [2.45, 2.75) is 12.6 Å². The van der Waals surface area contributed by atoms with Crippen molar-refractivity contribution in [2.75, 3.05) is 32.0 Å². The molecule has 5 rings (SSSR count). The van der Waals surface area contributed by atoms with E-state index in [1.165, 1.54) is 12.1 Å². The second-order valence-corrected chi connectivity index (χ2v) is 8.19. The number of halogens is 1. The fourth-order valence-electron chi connectivity index (χ4n) is 4.10. The number of fused-ring (bicyclic) bond motifs is 1. The van der Waals surface area contributed by atoms with Crippen molar-refractivity contribution >= 4 is 17.2 Å². The molecule has 3 aromatic heterocycles. The van der Waals surface area contributed by atoms with Gasteiger partial charge in [0.1, 0.15) is 5.82 Å². The zero-order valence-electron chi connectivity index (χ0n) is 18.2. The third kappa shape index (κ3) is 4.46. The summed E-state index contributed by atoms with van der Waals surface area (Å²) >= 11 is 0. The lowest BCUT2D eigenvalue weighted by Crippen LogP contribution is -2.46. The topological polar surface area (TPSA) is 78.7 Å². The Labute approximate surface area is 190 Å². The highest BCUT2D eigenvalue weighted by Crippen LogP contribution is 2.25.